The molecule has 1 aliphatic rings. The molecule has 0 spiro atoms. The number of carboxylic acid groups (broad SMARTS) is 1. The fourth-order valence-corrected chi connectivity index (χ4v) is 4.32. The molecule has 0 radical (unpaired) electrons. The molecule has 2 amide bonds. The van der Waals surface area contributed by atoms with Crippen molar-refractivity contribution in [1.29, 1.82) is 0 Å². The van der Waals surface area contributed by atoms with Crippen LogP contribution in [0.3, 0.4) is 0 Å². The molecular formula is C23H24Cl2N2O5. The minimum absolute atomic E-state index is 0.482. The van der Waals surface area contributed by atoms with Crippen molar-refractivity contribution in [1.82, 2.24) is 10.2 Å². The lowest BCUT2D eigenvalue weighted by Crippen LogP contribution is -2.58. The number of nitrogens with one attached hydrogen (secondary N) is 1. The lowest BCUT2D eigenvalue weighted by molar-refractivity contribution is -0.185. The molecule has 0 aromatic heterocycles. The highest BCUT2D eigenvalue weighted by Crippen LogP contribution is 2.44. The third kappa shape index (κ3) is 5.41. The van der Waals surface area contributed by atoms with Gasteiger partial charge in [0.15, 0.2) is 0 Å². The Morgan fingerprint density at radius 2 is 1.91 bits per heavy atom. The third-order valence-electron chi connectivity index (χ3n) is 5.33. The molecule has 1 saturated heterocycles. The summed E-state index contributed by atoms with van der Waals surface area (Å²) in [5, 5.41) is 13.1. The maximum absolute atomic E-state index is 13.5. The summed E-state index contributed by atoms with van der Waals surface area (Å²) in [5.74, 6) is -1.66. The Morgan fingerprint density at radius 1 is 1.19 bits per heavy atom. The van der Waals surface area contributed by atoms with Crippen molar-refractivity contribution in [3.63, 3.8) is 0 Å². The Morgan fingerprint density at radius 3 is 2.50 bits per heavy atom. The van der Waals surface area contributed by atoms with E-state index in [2.05, 4.69) is 5.32 Å². The van der Waals surface area contributed by atoms with Crippen LogP contribution in [0, 0.1) is 0 Å². The molecule has 1 heterocycles. The second-order valence-corrected chi connectivity index (χ2v) is 8.40. The van der Waals surface area contributed by atoms with Gasteiger partial charge in [-0.05, 0) is 41.8 Å². The molecule has 1 fully saturated rings. The molecule has 2 N–H and O–H groups in total. The second-order valence-electron chi connectivity index (χ2n) is 7.53. The number of hydrogen-bond acceptors (Lipinski definition) is 4. The van der Waals surface area contributed by atoms with E-state index in [1.54, 1.807) is 42.5 Å². The maximum Gasteiger partial charge on any atom is 0.306 e. The van der Waals surface area contributed by atoms with Crippen LogP contribution in [0.4, 0.5) is 0 Å². The minimum Gasteiger partial charge on any atom is -0.481 e. The number of carboxylic acids is 1. The number of hydrogen-bond donors (Lipinski definition) is 2. The number of benzene rings is 2. The van der Waals surface area contributed by atoms with Gasteiger partial charge in [-0.25, -0.2) is 0 Å². The predicted molar refractivity (Wildman–Crippen MR) is 120 cm³/mol. The maximum atomic E-state index is 13.5. The zero-order valence-corrected chi connectivity index (χ0v) is 18.9. The summed E-state index contributed by atoms with van der Waals surface area (Å²) >= 11 is 12.3. The van der Waals surface area contributed by atoms with Gasteiger partial charge in [0.2, 0.25) is 6.41 Å². The van der Waals surface area contributed by atoms with Crippen LogP contribution in [0.2, 0.25) is 10.0 Å². The standard InChI is InChI=1S/C23H24Cl2N2O5/c1-2-4-19(26-13-28)27-21(14-7-9-16(24)10-8-14)22(15-5-3-6-17(25)11-15)32-18(23(27)31)12-20(29)30/h3,5-11,13,18-19,21-22H,2,4,12H2,1H3,(H,26,28)(H,29,30)/t18-,19+,21+,22-/m1/s1. The number of halogens is 2. The van der Waals surface area contributed by atoms with E-state index in [0.717, 1.165) is 5.56 Å². The molecule has 0 aliphatic carbocycles. The average Bonchev–Trinajstić information content (AvgIpc) is 2.75. The van der Waals surface area contributed by atoms with Crippen LogP contribution in [0.1, 0.15) is 49.5 Å². The van der Waals surface area contributed by atoms with E-state index < -0.39 is 42.7 Å². The quantitative estimate of drug-likeness (QED) is 0.522. The Hall–Kier alpha value is -2.61. The van der Waals surface area contributed by atoms with Crippen molar-refractivity contribution < 1.29 is 24.2 Å². The van der Waals surface area contributed by atoms with E-state index >= 15 is 0 Å². The average molecular weight is 479 g/mol. The number of morpholine rings is 1. The lowest BCUT2D eigenvalue weighted by Gasteiger charge is -2.47. The predicted octanol–water partition coefficient (Wildman–Crippen LogP) is 4.35. The number of ether oxygens (including phenoxy) is 1. The normalized spacial score (nSPS) is 21.8. The molecule has 2 aromatic rings. The Balaban J connectivity index is 2.18. The van der Waals surface area contributed by atoms with E-state index in [0.29, 0.717) is 34.9 Å². The van der Waals surface area contributed by atoms with Gasteiger partial charge in [0, 0.05) is 10.0 Å². The number of aliphatic carboxylic acids is 1. The van der Waals surface area contributed by atoms with E-state index in [1.165, 1.54) is 4.90 Å². The van der Waals surface area contributed by atoms with Crippen molar-refractivity contribution in [2.24, 2.45) is 0 Å². The van der Waals surface area contributed by atoms with Crippen LogP contribution in [-0.4, -0.2) is 40.6 Å². The van der Waals surface area contributed by atoms with Gasteiger partial charge in [0.25, 0.3) is 5.91 Å². The number of rotatable bonds is 9. The summed E-state index contributed by atoms with van der Waals surface area (Å²) < 4.78 is 6.10. The Labute approximate surface area is 196 Å². The lowest BCUT2D eigenvalue weighted by atomic mass is 9.90. The van der Waals surface area contributed by atoms with Crippen molar-refractivity contribution in [2.45, 2.75) is 50.6 Å². The first-order valence-electron chi connectivity index (χ1n) is 10.3. The van der Waals surface area contributed by atoms with Crippen LogP contribution in [0.5, 0.6) is 0 Å². The molecule has 32 heavy (non-hydrogen) atoms. The Bertz CT molecular complexity index is 969. The van der Waals surface area contributed by atoms with Gasteiger partial charge < -0.3 is 20.1 Å². The highest BCUT2D eigenvalue weighted by molar-refractivity contribution is 6.30. The molecule has 0 saturated carbocycles. The summed E-state index contributed by atoms with van der Waals surface area (Å²) in [6.07, 6.45) is -1.36. The van der Waals surface area contributed by atoms with Gasteiger partial charge in [-0.3, -0.25) is 14.4 Å². The van der Waals surface area contributed by atoms with E-state index in [-0.39, 0.29) is 0 Å². The molecule has 7 nitrogen and oxygen atoms in total. The summed E-state index contributed by atoms with van der Waals surface area (Å²) in [4.78, 5) is 37.9. The molecule has 0 unspecified atom stereocenters. The smallest absolute Gasteiger partial charge is 0.306 e. The first-order chi connectivity index (χ1) is 15.3. The van der Waals surface area contributed by atoms with Crippen LogP contribution >= 0.6 is 23.2 Å². The largest absolute Gasteiger partial charge is 0.481 e. The van der Waals surface area contributed by atoms with E-state index in [9.17, 15) is 19.5 Å². The van der Waals surface area contributed by atoms with Crippen LogP contribution in [-0.2, 0) is 19.1 Å². The first-order valence-corrected chi connectivity index (χ1v) is 11.0. The molecule has 3 rings (SSSR count). The highest BCUT2D eigenvalue weighted by atomic mass is 35.5. The first kappa shape index (κ1) is 24.0. The number of nitrogens with zero attached hydrogens (tertiary/aromatic N) is 1. The summed E-state index contributed by atoms with van der Waals surface area (Å²) in [7, 11) is 0. The van der Waals surface area contributed by atoms with Gasteiger partial charge in [-0.1, -0.05) is 60.8 Å². The summed E-state index contributed by atoms with van der Waals surface area (Å²) in [6.45, 7) is 1.94. The van der Waals surface area contributed by atoms with Crippen molar-refractivity contribution in [3.05, 3.63) is 69.7 Å². The topological polar surface area (TPSA) is 95.9 Å². The zero-order chi connectivity index (χ0) is 23.3. The van der Waals surface area contributed by atoms with Crippen LogP contribution < -0.4 is 5.32 Å². The van der Waals surface area contributed by atoms with E-state index in [4.69, 9.17) is 27.9 Å². The van der Waals surface area contributed by atoms with Gasteiger partial charge in [-0.2, -0.15) is 0 Å². The molecule has 170 valence electrons. The van der Waals surface area contributed by atoms with Gasteiger partial charge in [0.05, 0.1) is 12.5 Å². The third-order valence-corrected chi connectivity index (χ3v) is 5.82. The molecular weight excluding hydrogens is 455 g/mol. The molecule has 2 aromatic carbocycles. The van der Waals surface area contributed by atoms with E-state index in [1.807, 2.05) is 13.0 Å². The van der Waals surface area contributed by atoms with Crippen molar-refractivity contribution >= 4 is 41.5 Å². The molecule has 9 heteroatoms. The van der Waals surface area contributed by atoms with Gasteiger partial charge in [0.1, 0.15) is 18.4 Å². The van der Waals surface area contributed by atoms with Gasteiger partial charge in [-0.15, -0.1) is 0 Å². The number of carbonyl (C=O) groups excluding carboxylic acids is 2. The second kappa shape index (κ2) is 10.8. The minimum atomic E-state index is -1.21. The van der Waals surface area contributed by atoms with Crippen LogP contribution in [0.15, 0.2) is 48.5 Å². The SMILES string of the molecule is CCC[C@@H](NC=O)N1C(=O)[C@@H](CC(=O)O)O[C@H](c2cccc(Cl)c2)[C@@H]1c1ccc(Cl)cc1. The molecule has 1 aliphatic heterocycles. The monoisotopic (exact) mass is 478 g/mol. The highest BCUT2D eigenvalue weighted by Gasteiger charge is 2.47. The summed E-state index contributed by atoms with van der Waals surface area (Å²) in [5.41, 5.74) is 1.42. The molecule has 0 bridgehead atoms. The number of amides is 2. The summed E-state index contributed by atoms with van der Waals surface area (Å²) in [6, 6.07) is 13.4. The number of carbonyl (C=O) groups is 3. The zero-order valence-electron chi connectivity index (χ0n) is 17.4. The van der Waals surface area contributed by atoms with Crippen molar-refractivity contribution in [2.75, 3.05) is 0 Å². The molecule has 4 atom stereocenters. The Kier molecular flexibility index (Phi) is 8.12. The van der Waals surface area contributed by atoms with Crippen LogP contribution in [0.25, 0.3) is 0 Å². The fourth-order valence-electron chi connectivity index (χ4n) is 3.99. The fraction of sp³-hybridized carbons (Fsp3) is 0.348. The van der Waals surface area contributed by atoms with Gasteiger partial charge >= 0.3 is 5.97 Å². The van der Waals surface area contributed by atoms with Crippen molar-refractivity contribution in [3.8, 4) is 0 Å².